The molecular formula is C25H22F3N5O3. The minimum atomic E-state index is -4.74. The Kier molecular flexibility index (Phi) is 6.91. The molecule has 4 rings (SSSR count). The van der Waals surface area contributed by atoms with Gasteiger partial charge in [0, 0.05) is 31.5 Å². The molecule has 3 aromatic rings. The molecule has 0 saturated carbocycles. The van der Waals surface area contributed by atoms with E-state index >= 15 is 0 Å². The van der Waals surface area contributed by atoms with Gasteiger partial charge in [0.2, 0.25) is 0 Å². The van der Waals surface area contributed by atoms with Gasteiger partial charge in [-0.2, -0.15) is 13.2 Å². The molecule has 186 valence electrons. The van der Waals surface area contributed by atoms with Gasteiger partial charge in [-0.05, 0) is 48.4 Å². The number of nitrogens with zero attached hydrogens (tertiary/aromatic N) is 3. The van der Waals surface area contributed by atoms with Crippen molar-refractivity contribution >= 4 is 29.4 Å². The van der Waals surface area contributed by atoms with Gasteiger partial charge in [0.25, 0.3) is 11.8 Å². The van der Waals surface area contributed by atoms with Crippen LogP contribution in [0.3, 0.4) is 0 Å². The number of anilines is 2. The first kappa shape index (κ1) is 24.7. The van der Waals surface area contributed by atoms with Crippen LogP contribution in [0.4, 0.5) is 29.5 Å². The first-order valence-corrected chi connectivity index (χ1v) is 11.0. The lowest BCUT2D eigenvalue weighted by Crippen LogP contribution is -2.52. The van der Waals surface area contributed by atoms with E-state index in [1.54, 1.807) is 24.3 Å². The number of hydrogen-bond acceptors (Lipinski definition) is 5. The fraction of sp³-hybridized carbons (Fsp3) is 0.200. The Balaban J connectivity index is 1.46. The van der Waals surface area contributed by atoms with Crippen LogP contribution in [-0.4, -0.2) is 40.8 Å². The molecule has 36 heavy (non-hydrogen) atoms. The van der Waals surface area contributed by atoms with Crippen molar-refractivity contribution in [1.82, 2.24) is 15.2 Å². The third-order valence-corrected chi connectivity index (χ3v) is 5.65. The Morgan fingerprint density at radius 1 is 1.00 bits per heavy atom. The van der Waals surface area contributed by atoms with Gasteiger partial charge in [0.05, 0.1) is 16.7 Å². The van der Waals surface area contributed by atoms with Crippen LogP contribution >= 0.6 is 0 Å². The molecule has 1 fully saturated rings. The van der Waals surface area contributed by atoms with Gasteiger partial charge in [-0.15, -0.1) is 0 Å². The quantitative estimate of drug-likeness (QED) is 0.517. The van der Waals surface area contributed by atoms with Crippen molar-refractivity contribution in [3.8, 4) is 0 Å². The smallest absolute Gasteiger partial charge is 0.399 e. The highest BCUT2D eigenvalue weighted by Gasteiger charge is 2.39. The summed E-state index contributed by atoms with van der Waals surface area (Å²) in [4.78, 5) is 44.5. The monoisotopic (exact) mass is 497 g/mol. The maximum atomic E-state index is 13.4. The Hall–Kier alpha value is -4.41. The molecule has 1 aliphatic heterocycles. The first-order chi connectivity index (χ1) is 17.1. The third-order valence-electron chi connectivity index (χ3n) is 5.65. The van der Waals surface area contributed by atoms with Crippen LogP contribution in [0.1, 0.15) is 38.3 Å². The van der Waals surface area contributed by atoms with Crippen LogP contribution in [0.25, 0.3) is 0 Å². The van der Waals surface area contributed by atoms with E-state index in [0.29, 0.717) is 12.1 Å². The second kappa shape index (κ2) is 10.1. The number of benzene rings is 2. The first-order valence-electron chi connectivity index (χ1n) is 11.0. The van der Waals surface area contributed by atoms with E-state index in [9.17, 15) is 27.6 Å². The summed E-state index contributed by atoms with van der Waals surface area (Å²) < 4.78 is 40.1. The Labute approximate surface area is 204 Å². The standard InChI is InChI=1S/C25H22F3N5O3/c26-25(27,28)20-5-2-1-4-19(20)23(35)33-13-3-12-32(24(33)36)21-11-8-17(15-30-21)22(34)31-14-16-6-9-18(29)10-7-16/h1-2,4-11,15H,3,12-14,29H2,(H,31,34). The minimum absolute atomic E-state index is 0.0218. The van der Waals surface area contributed by atoms with Crippen LogP contribution in [0.2, 0.25) is 0 Å². The Morgan fingerprint density at radius 2 is 1.72 bits per heavy atom. The number of imide groups is 1. The highest BCUT2D eigenvalue weighted by molar-refractivity contribution is 6.09. The summed E-state index contributed by atoms with van der Waals surface area (Å²) in [6.45, 7) is 0.479. The maximum Gasteiger partial charge on any atom is 0.417 e. The Morgan fingerprint density at radius 3 is 2.39 bits per heavy atom. The zero-order valence-corrected chi connectivity index (χ0v) is 19.0. The van der Waals surface area contributed by atoms with Crippen LogP contribution < -0.4 is 16.0 Å². The predicted molar refractivity (Wildman–Crippen MR) is 126 cm³/mol. The zero-order chi connectivity index (χ0) is 25.9. The summed E-state index contributed by atoms with van der Waals surface area (Å²) in [5, 5.41) is 2.75. The highest BCUT2D eigenvalue weighted by atomic mass is 19.4. The van der Waals surface area contributed by atoms with Crippen molar-refractivity contribution in [2.24, 2.45) is 0 Å². The van der Waals surface area contributed by atoms with Crippen molar-refractivity contribution in [1.29, 1.82) is 0 Å². The van der Waals surface area contributed by atoms with Crippen molar-refractivity contribution in [2.45, 2.75) is 19.1 Å². The lowest BCUT2D eigenvalue weighted by molar-refractivity contribution is -0.138. The van der Waals surface area contributed by atoms with Gasteiger partial charge in [0.15, 0.2) is 0 Å². The molecule has 2 heterocycles. The molecule has 3 N–H and O–H groups in total. The minimum Gasteiger partial charge on any atom is -0.399 e. The second-order valence-electron chi connectivity index (χ2n) is 8.12. The van der Waals surface area contributed by atoms with Crippen LogP contribution in [0, 0.1) is 0 Å². The van der Waals surface area contributed by atoms with Gasteiger partial charge >= 0.3 is 12.2 Å². The average molecular weight is 497 g/mol. The number of hydrogen-bond donors (Lipinski definition) is 2. The number of urea groups is 1. The summed E-state index contributed by atoms with van der Waals surface area (Å²) >= 11 is 0. The van der Waals surface area contributed by atoms with Crippen molar-refractivity contribution < 1.29 is 27.6 Å². The van der Waals surface area contributed by atoms with E-state index in [1.807, 2.05) is 0 Å². The second-order valence-corrected chi connectivity index (χ2v) is 8.12. The molecule has 0 spiro atoms. The predicted octanol–water partition coefficient (Wildman–Crippen LogP) is 4.09. The number of nitrogen functional groups attached to an aromatic ring is 1. The summed E-state index contributed by atoms with van der Waals surface area (Å²) in [5.74, 6) is -1.23. The summed E-state index contributed by atoms with van der Waals surface area (Å²) in [7, 11) is 0. The number of nitrogens with one attached hydrogen (secondary N) is 1. The van der Waals surface area contributed by atoms with E-state index in [-0.39, 0.29) is 36.9 Å². The van der Waals surface area contributed by atoms with Crippen LogP contribution in [0.15, 0.2) is 66.9 Å². The van der Waals surface area contributed by atoms with Crippen molar-refractivity contribution in [2.75, 3.05) is 23.7 Å². The Bertz CT molecular complexity index is 1280. The van der Waals surface area contributed by atoms with Gasteiger partial charge in [0.1, 0.15) is 5.82 Å². The van der Waals surface area contributed by atoms with E-state index in [1.165, 1.54) is 35.4 Å². The van der Waals surface area contributed by atoms with Crippen LogP contribution in [-0.2, 0) is 12.7 Å². The van der Waals surface area contributed by atoms with Crippen LogP contribution in [0.5, 0.6) is 0 Å². The summed E-state index contributed by atoms with van der Waals surface area (Å²) in [6.07, 6.45) is -3.10. The third kappa shape index (κ3) is 5.29. The van der Waals surface area contributed by atoms with E-state index in [4.69, 9.17) is 5.73 Å². The molecule has 0 unspecified atom stereocenters. The lowest BCUT2D eigenvalue weighted by Gasteiger charge is -2.34. The number of halogens is 3. The molecule has 0 bridgehead atoms. The van der Waals surface area contributed by atoms with E-state index < -0.39 is 29.2 Å². The van der Waals surface area contributed by atoms with Crippen molar-refractivity contribution in [3.05, 3.63) is 89.1 Å². The SMILES string of the molecule is Nc1ccc(CNC(=O)c2ccc(N3CCCN(C(=O)c4ccccc4C(F)(F)F)C3=O)nc2)cc1. The number of amides is 4. The molecule has 1 aromatic heterocycles. The number of pyridine rings is 1. The van der Waals surface area contributed by atoms with Gasteiger partial charge in [-0.3, -0.25) is 19.4 Å². The average Bonchev–Trinajstić information content (AvgIpc) is 2.87. The highest BCUT2D eigenvalue weighted by Crippen LogP contribution is 2.33. The van der Waals surface area contributed by atoms with Gasteiger partial charge in [-0.25, -0.2) is 9.78 Å². The lowest BCUT2D eigenvalue weighted by atomic mass is 10.1. The summed E-state index contributed by atoms with van der Waals surface area (Å²) in [6, 6.07) is 13.5. The molecule has 0 atom stereocenters. The van der Waals surface area contributed by atoms with E-state index in [0.717, 1.165) is 22.6 Å². The molecule has 11 heteroatoms. The number of carbonyl (C=O) groups is 3. The molecule has 0 aliphatic carbocycles. The molecule has 4 amide bonds. The van der Waals surface area contributed by atoms with Gasteiger partial charge in [-0.1, -0.05) is 24.3 Å². The molecule has 0 radical (unpaired) electrons. The molecule has 1 saturated heterocycles. The maximum absolute atomic E-state index is 13.4. The van der Waals surface area contributed by atoms with E-state index in [2.05, 4.69) is 10.3 Å². The van der Waals surface area contributed by atoms with Gasteiger partial charge < -0.3 is 11.1 Å². The fourth-order valence-corrected chi connectivity index (χ4v) is 3.79. The number of rotatable bonds is 5. The summed E-state index contributed by atoms with van der Waals surface area (Å²) in [5.41, 5.74) is 5.67. The number of aromatic nitrogens is 1. The molecule has 8 nitrogen and oxygen atoms in total. The zero-order valence-electron chi connectivity index (χ0n) is 19.0. The number of carbonyl (C=O) groups excluding carboxylic acids is 3. The normalized spacial score (nSPS) is 14.0. The largest absolute Gasteiger partial charge is 0.417 e. The molecule has 1 aliphatic rings. The van der Waals surface area contributed by atoms with Crippen molar-refractivity contribution in [3.63, 3.8) is 0 Å². The number of alkyl halides is 3. The molecular weight excluding hydrogens is 475 g/mol. The number of nitrogens with two attached hydrogens (primary N) is 1. The fourth-order valence-electron chi connectivity index (χ4n) is 3.79. The molecule has 2 aromatic carbocycles. The topological polar surface area (TPSA) is 109 Å².